The van der Waals surface area contributed by atoms with Crippen LogP contribution in [0.25, 0.3) is 0 Å². The first kappa shape index (κ1) is 13.3. The van der Waals surface area contributed by atoms with Gasteiger partial charge in [-0.2, -0.15) is 0 Å². The number of Topliss-reactive ketones (excluding diaryl/α,β-unsaturated/α-hetero) is 1. The molecule has 2 N–H and O–H groups in total. The fraction of sp³-hybridized carbons (Fsp3) is 0.286. The Kier molecular flexibility index (Phi) is 3.38. The molecule has 0 fully saturated rings. The normalized spacial score (nSPS) is 16.4. The number of benzene rings is 1. The van der Waals surface area contributed by atoms with Crippen molar-refractivity contribution in [3.8, 4) is 0 Å². The van der Waals surface area contributed by atoms with Gasteiger partial charge in [0, 0.05) is 18.1 Å². The third-order valence-corrected chi connectivity index (χ3v) is 3.28. The zero-order chi connectivity index (χ0) is 14.2. The van der Waals surface area contributed by atoms with Crippen molar-refractivity contribution in [2.24, 2.45) is 0 Å². The van der Waals surface area contributed by atoms with Crippen molar-refractivity contribution >= 4 is 17.4 Å². The van der Waals surface area contributed by atoms with Crippen LogP contribution in [0.5, 0.6) is 0 Å². The third kappa shape index (κ3) is 2.23. The average Bonchev–Trinajstić information content (AvgIpc) is 2.34. The standard InChI is InChI=1S/C14H14FNO3/c1-7-10-4-3-9(6-17)14(19)13(10)12(5-11(7)15)16-8(2)18/h5-6,17H,3-4H2,1-2H3,(H,16,18)/b9-6+. The minimum atomic E-state index is -0.452. The number of carbonyl (C=O) groups excluding carboxylic acids is 2. The molecule has 0 radical (unpaired) electrons. The fourth-order valence-corrected chi connectivity index (χ4v) is 2.32. The Morgan fingerprint density at radius 2 is 2.16 bits per heavy atom. The van der Waals surface area contributed by atoms with Crippen molar-refractivity contribution in [2.45, 2.75) is 26.7 Å². The maximum atomic E-state index is 13.8. The number of anilines is 1. The molecular formula is C14H14FNO3. The molecule has 1 amide bonds. The number of hydrogen-bond donors (Lipinski definition) is 2. The highest BCUT2D eigenvalue weighted by atomic mass is 19.1. The molecule has 0 aliphatic heterocycles. The van der Waals surface area contributed by atoms with Gasteiger partial charge in [0.25, 0.3) is 0 Å². The Labute approximate surface area is 109 Å². The smallest absolute Gasteiger partial charge is 0.221 e. The van der Waals surface area contributed by atoms with Gasteiger partial charge in [-0.05, 0) is 37.0 Å². The molecule has 1 aliphatic carbocycles. The molecule has 100 valence electrons. The molecule has 0 saturated carbocycles. The number of nitrogens with one attached hydrogen (secondary N) is 1. The molecule has 1 aromatic carbocycles. The number of amides is 1. The SMILES string of the molecule is CC(=O)Nc1cc(F)c(C)c2c1C(=O)/C(=C/O)CC2. The zero-order valence-electron chi connectivity index (χ0n) is 10.7. The quantitative estimate of drug-likeness (QED) is 0.604. The van der Waals surface area contributed by atoms with E-state index in [0.29, 0.717) is 24.0 Å². The predicted molar refractivity (Wildman–Crippen MR) is 68.8 cm³/mol. The van der Waals surface area contributed by atoms with Gasteiger partial charge in [-0.25, -0.2) is 4.39 Å². The molecule has 2 rings (SSSR count). The van der Waals surface area contributed by atoms with Gasteiger partial charge >= 0.3 is 0 Å². The van der Waals surface area contributed by atoms with Gasteiger partial charge in [0.2, 0.25) is 5.91 Å². The van der Waals surface area contributed by atoms with E-state index in [2.05, 4.69) is 5.32 Å². The Hall–Kier alpha value is -2.17. The molecule has 1 aromatic rings. The van der Waals surface area contributed by atoms with Gasteiger partial charge in [-0.15, -0.1) is 0 Å². The van der Waals surface area contributed by atoms with Gasteiger partial charge < -0.3 is 10.4 Å². The molecule has 1 aliphatic rings. The lowest BCUT2D eigenvalue weighted by molar-refractivity contribution is -0.114. The number of aliphatic hydroxyl groups is 1. The van der Waals surface area contributed by atoms with Crippen molar-refractivity contribution in [3.05, 3.63) is 40.4 Å². The molecule has 4 nitrogen and oxygen atoms in total. The van der Waals surface area contributed by atoms with Crippen LogP contribution in [0.3, 0.4) is 0 Å². The number of carbonyl (C=O) groups is 2. The maximum Gasteiger partial charge on any atom is 0.221 e. The Bertz CT molecular complexity index is 605. The second kappa shape index (κ2) is 4.84. The molecule has 0 atom stereocenters. The van der Waals surface area contributed by atoms with Crippen LogP contribution in [-0.2, 0) is 11.2 Å². The van der Waals surface area contributed by atoms with Crippen molar-refractivity contribution in [2.75, 3.05) is 5.32 Å². The van der Waals surface area contributed by atoms with E-state index in [1.807, 2.05) is 0 Å². The number of aliphatic hydroxyl groups excluding tert-OH is 1. The van der Waals surface area contributed by atoms with E-state index in [-0.39, 0.29) is 28.5 Å². The van der Waals surface area contributed by atoms with Gasteiger partial charge in [0.15, 0.2) is 5.78 Å². The summed E-state index contributed by atoms with van der Waals surface area (Å²) in [4.78, 5) is 23.4. The van der Waals surface area contributed by atoms with Crippen molar-refractivity contribution in [3.63, 3.8) is 0 Å². The van der Waals surface area contributed by atoms with E-state index in [1.54, 1.807) is 6.92 Å². The molecule has 0 saturated heterocycles. The van der Waals surface area contributed by atoms with Crippen LogP contribution in [-0.4, -0.2) is 16.8 Å². The van der Waals surface area contributed by atoms with Crippen molar-refractivity contribution in [1.82, 2.24) is 0 Å². The molecule has 0 unspecified atom stereocenters. The highest BCUT2D eigenvalue weighted by molar-refractivity contribution is 6.15. The van der Waals surface area contributed by atoms with E-state index in [0.717, 1.165) is 12.3 Å². The topological polar surface area (TPSA) is 66.4 Å². The first-order valence-electron chi connectivity index (χ1n) is 5.93. The summed E-state index contributed by atoms with van der Waals surface area (Å²) in [5, 5.41) is 11.5. The van der Waals surface area contributed by atoms with Gasteiger partial charge in [0.1, 0.15) is 5.82 Å². The highest BCUT2D eigenvalue weighted by Crippen LogP contribution is 2.34. The van der Waals surface area contributed by atoms with Crippen LogP contribution >= 0.6 is 0 Å². The Morgan fingerprint density at radius 3 is 2.74 bits per heavy atom. The summed E-state index contributed by atoms with van der Waals surface area (Å²) in [6.07, 6.45) is 1.61. The van der Waals surface area contributed by atoms with E-state index in [1.165, 1.54) is 6.92 Å². The van der Waals surface area contributed by atoms with Gasteiger partial charge in [-0.3, -0.25) is 9.59 Å². The average molecular weight is 263 g/mol. The molecule has 5 heteroatoms. The number of fused-ring (bicyclic) bond motifs is 1. The predicted octanol–water partition coefficient (Wildman–Crippen LogP) is 2.66. The van der Waals surface area contributed by atoms with Crippen LogP contribution in [0.1, 0.15) is 34.8 Å². The van der Waals surface area contributed by atoms with E-state index in [4.69, 9.17) is 5.11 Å². The summed E-state index contributed by atoms with van der Waals surface area (Å²) in [6, 6.07) is 1.15. The third-order valence-electron chi connectivity index (χ3n) is 3.28. The largest absolute Gasteiger partial charge is 0.515 e. The number of halogens is 1. The molecule has 0 aromatic heterocycles. The first-order chi connectivity index (χ1) is 8.95. The minimum Gasteiger partial charge on any atom is -0.515 e. The molecule has 0 heterocycles. The van der Waals surface area contributed by atoms with E-state index < -0.39 is 5.82 Å². The van der Waals surface area contributed by atoms with Crippen molar-refractivity contribution < 1.29 is 19.1 Å². The lowest BCUT2D eigenvalue weighted by Crippen LogP contribution is -2.20. The second-order valence-corrected chi connectivity index (χ2v) is 4.55. The summed E-state index contributed by atoms with van der Waals surface area (Å²) >= 11 is 0. The van der Waals surface area contributed by atoms with E-state index in [9.17, 15) is 14.0 Å². The minimum absolute atomic E-state index is 0.162. The van der Waals surface area contributed by atoms with Crippen LogP contribution in [0, 0.1) is 12.7 Å². The Morgan fingerprint density at radius 1 is 1.47 bits per heavy atom. The number of rotatable bonds is 1. The number of hydrogen-bond acceptors (Lipinski definition) is 3. The molecule has 19 heavy (non-hydrogen) atoms. The number of allylic oxidation sites excluding steroid dienone is 1. The van der Waals surface area contributed by atoms with Gasteiger partial charge in [-0.1, -0.05) is 0 Å². The van der Waals surface area contributed by atoms with E-state index >= 15 is 0 Å². The summed E-state index contributed by atoms with van der Waals surface area (Å²) in [5.41, 5.74) is 1.72. The zero-order valence-corrected chi connectivity index (χ0v) is 10.7. The highest BCUT2D eigenvalue weighted by Gasteiger charge is 2.28. The number of ketones is 1. The summed E-state index contributed by atoms with van der Waals surface area (Å²) in [6.45, 7) is 2.90. The molecule has 0 spiro atoms. The second-order valence-electron chi connectivity index (χ2n) is 4.55. The van der Waals surface area contributed by atoms with Crippen LogP contribution in [0.15, 0.2) is 17.9 Å². The summed E-state index contributed by atoms with van der Waals surface area (Å²) in [7, 11) is 0. The lowest BCUT2D eigenvalue weighted by Gasteiger charge is -2.22. The molecular weight excluding hydrogens is 249 g/mol. The summed E-state index contributed by atoms with van der Waals surface area (Å²) in [5.74, 6) is -1.19. The molecule has 0 bridgehead atoms. The van der Waals surface area contributed by atoms with Crippen LogP contribution in [0.2, 0.25) is 0 Å². The van der Waals surface area contributed by atoms with Gasteiger partial charge in [0.05, 0.1) is 11.9 Å². The van der Waals surface area contributed by atoms with Crippen LogP contribution < -0.4 is 5.32 Å². The summed E-state index contributed by atoms with van der Waals surface area (Å²) < 4.78 is 13.8. The Balaban J connectivity index is 2.67. The first-order valence-corrected chi connectivity index (χ1v) is 5.93. The maximum absolute atomic E-state index is 13.8. The monoisotopic (exact) mass is 263 g/mol. The fourth-order valence-electron chi connectivity index (χ4n) is 2.32. The van der Waals surface area contributed by atoms with Crippen molar-refractivity contribution in [1.29, 1.82) is 0 Å². The van der Waals surface area contributed by atoms with Crippen LogP contribution in [0.4, 0.5) is 10.1 Å². The lowest BCUT2D eigenvalue weighted by atomic mass is 9.83.